The lowest BCUT2D eigenvalue weighted by molar-refractivity contribution is 0.0949. The Morgan fingerprint density at radius 1 is 1.14 bits per heavy atom. The van der Waals surface area contributed by atoms with E-state index in [0.717, 1.165) is 18.4 Å². The van der Waals surface area contributed by atoms with Crippen LogP contribution in [0.3, 0.4) is 0 Å². The molecule has 3 aromatic rings. The molecule has 0 saturated heterocycles. The van der Waals surface area contributed by atoms with E-state index in [4.69, 9.17) is 0 Å². The van der Waals surface area contributed by atoms with Crippen LogP contribution in [0.2, 0.25) is 0 Å². The molecule has 0 saturated carbocycles. The third-order valence-corrected chi connectivity index (χ3v) is 4.42. The Morgan fingerprint density at radius 2 is 1.82 bits per heavy atom. The molecule has 1 heterocycles. The van der Waals surface area contributed by atoms with Gasteiger partial charge in [0, 0.05) is 11.9 Å². The van der Waals surface area contributed by atoms with Gasteiger partial charge in [-0.05, 0) is 49.2 Å². The number of hydrogen-bond acceptors (Lipinski definition) is 5. The lowest BCUT2D eigenvalue weighted by Crippen LogP contribution is -2.29. The third-order valence-electron chi connectivity index (χ3n) is 4.42. The van der Waals surface area contributed by atoms with Crippen LogP contribution in [-0.4, -0.2) is 26.5 Å². The molecule has 2 aromatic carbocycles. The first kappa shape index (κ1) is 19.3. The number of nitrogens with one attached hydrogen (secondary N) is 1. The second kappa shape index (κ2) is 8.47. The van der Waals surface area contributed by atoms with Crippen LogP contribution < -0.4 is 11.0 Å². The Morgan fingerprint density at radius 3 is 2.50 bits per heavy atom. The first-order valence-corrected chi connectivity index (χ1v) is 9.15. The highest BCUT2D eigenvalue weighted by Gasteiger charge is 2.16. The van der Waals surface area contributed by atoms with Crippen LogP contribution in [0.4, 0.5) is 0 Å². The number of aromatic nitrogens is 2. The molecule has 0 spiro atoms. The van der Waals surface area contributed by atoms with Crippen molar-refractivity contribution in [3.05, 3.63) is 70.1 Å². The fourth-order valence-electron chi connectivity index (χ4n) is 2.82. The zero-order chi connectivity index (χ0) is 20.1. The van der Waals surface area contributed by atoms with Crippen LogP contribution in [0, 0.1) is 0 Å². The summed E-state index contributed by atoms with van der Waals surface area (Å²) in [4.78, 5) is 25.4. The molecule has 28 heavy (non-hydrogen) atoms. The number of aromatic hydroxyl groups is 1. The van der Waals surface area contributed by atoms with Gasteiger partial charge in [-0.25, -0.2) is 10.1 Å². The fraction of sp³-hybridized carbons (Fsp3) is 0.238. The number of rotatable bonds is 6. The molecule has 0 atom stereocenters. The molecule has 2 N–H and O–H groups in total. The molecule has 0 aliphatic heterocycles. The summed E-state index contributed by atoms with van der Waals surface area (Å²) in [5.74, 6) is -0.329. The van der Waals surface area contributed by atoms with E-state index in [1.54, 1.807) is 55.5 Å². The van der Waals surface area contributed by atoms with Gasteiger partial charge in [-0.1, -0.05) is 31.5 Å². The second-order valence-electron chi connectivity index (χ2n) is 6.46. The summed E-state index contributed by atoms with van der Waals surface area (Å²) in [6.45, 7) is 4.23. The van der Waals surface area contributed by atoms with Gasteiger partial charge in [0.1, 0.15) is 5.75 Å². The molecule has 3 rings (SSSR count). The number of aryl methyl sites for hydroxylation is 1. The van der Waals surface area contributed by atoms with Gasteiger partial charge >= 0.3 is 0 Å². The average molecular weight is 378 g/mol. The monoisotopic (exact) mass is 378 g/mol. The molecule has 0 bridgehead atoms. The Hall–Kier alpha value is -3.48. The Kier molecular flexibility index (Phi) is 5.84. The Labute approximate surface area is 162 Å². The smallest absolute Gasteiger partial charge is 0.292 e. The van der Waals surface area contributed by atoms with Gasteiger partial charge in [0.05, 0.1) is 11.1 Å². The van der Waals surface area contributed by atoms with Crippen molar-refractivity contribution in [2.45, 2.75) is 33.2 Å². The van der Waals surface area contributed by atoms with Crippen LogP contribution in [0.25, 0.3) is 10.8 Å². The topological polar surface area (TPSA) is 96.6 Å². The highest BCUT2D eigenvalue weighted by molar-refractivity contribution is 6.06. The summed E-state index contributed by atoms with van der Waals surface area (Å²) >= 11 is 0. The number of nitrogens with zero attached hydrogens (tertiary/aromatic N) is 3. The zero-order valence-corrected chi connectivity index (χ0v) is 15.8. The molecular weight excluding hydrogens is 356 g/mol. The standard InChI is InChI=1S/C21H22N4O3/c1-3-4-13-25-21(28)18-8-6-5-7-17(18)19(24-25)20(27)23-22-14(2)15-9-11-16(26)12-10-15/h5-12,26H,3-4,13H2,1-2H3,(H,23,27)/b22-14+. The maximum atomic E-state index is 12.7. The van der Waals surface area contributed by atoms with Crippen LogP contribution in [0.1, 0.15) is 42.7 Å². The van der Waals surface area contributed by atoms with E-state index in [-0.39, 0.29) is 17.0 Å². The molecule has 1 amide bonds. The van der Waals surface area contributed by atoms with Crippen LogP contribution >= 0.6 is 0 Å². The minimum absolute atomic E-state index is 0.158. The number of benzene rings is 2. The van der Waals surface area contributed by atoms with Crippen molar-refractivity contribution in [3.63, 3.8) is 0 Å². The van der Waals surface area contributed by atoms with Crippen molar-refractivity contribution in [3.8, 4) is 5.75 Å². The number of hydrazone groups is 1. The number of carbonyl (C=O) groups is 1. The lowest BCUT2D eigenvalue weighted by atomic mass is 10.1. The summed E-state index contributed by atoms with van der Waals surface area (Å²) in [5.41, 5.74) is 3.82. The summed E-state index contributed by atoms with van der Waals surface area (Å²) in [7, 11) is 0. The normalized spacial score (nSPS) is 11.6. The minimum atomic E-state index is -0.487. The van der Waals surface area contributed by atoms with E-state index in [9.17, 15) is 14.7 Å². The molecule has 7 nitrogen and oxygen atoms in total. The van der Waals surface area contributed by atoms with Crippen LogP contribution in [0.15, 0.2) is 58.4 Å². The van der Waals surface area contributed by atoms with E-state index in [1.807, 2.05) is 6.92 Å². The van der Waals surface area contributed by atoms with Gasteiger partial charge in [0.25, 0.3) is 11.5 Å². The molecule has 144 valence electrons. The van der Waals surface area contributed by atoms with Crippen molar-refractivity contribution < 1.29 is 9.90 Å². The van der Waals surface area contributed by atoms with Gasteiger partial charge in [0.15, 0.2) is 5.69 Å². The van der Waals surface area contributed by atoms with Gasteiger partial charge in [-0.3, -0.25) is 9.59 Å². The van der Waals surface area contributed by atoms with Crippen molar-refractivity contribution in [1.82, 2.24) is 15.2 Å². The number of carbonyl (C=O) groups excluding carboxylic acids is 1. The van der Waals surface area contributed by atoms with Crippen LogP contribution in [0.5, 0.6) is 5.75 Å². The number of fused-ring (bicyclic) bond motifs is 1. The largest absolute Gasteiger partial charge is 0.508 e. The Balaban J connectivity index is 1.94. The second-order valence-corrected chi connectivity index (χ2v) is 6.46. The number of phenols is 1. The highest BCUT2D eigenvalue weighted by Crippen LogP contribution is 2.14. The summed E-state index contributed by atoms with van der Waals surface area (Å²) in [6, 6.07) is 13.5. The molecule has 0 radical (unpaired) electrons. The fourth-order valence-corrected chi connectivity index (χ4v) is 2.82. The lowest BCUT2D eigenvalue weighted by Gasteiger charge is -2.10. The zero-order valence-electron chi connectivity index (χ0n) is 15.8. The molecule has 0 aliphatic carbocycles. The maximum absolute atomic E-state index is 12.7. The molecule has 1 aromatic heterocycles. The van der Waals surface area contributed by atoms with Gasteiger partial charge in [0.2, 0.25) is 0 Å². The highest BCUT2D eigenvalue weighted by atomic mass is 16.3. The number of amides is 1. The first-order valence-electron chi connectivity index (χ1n) is 9.15. The van der Waals surface area contributed by atoms with E-state index in [1.165, 1.54) is 4.68 Å². The summed E-state index contributed by atoms with van der Waals surface area (Å²) < 4.78 is 1.34. The number of phenolic OH excluding ortho intramolecular Hbond substituents is 1. The predicted octanol–water partition coefficient (Wildman–Crippen LogP) is 3.06. The van der Waals surface area contributed by atoms with E-state index < -0.39 is 5.91 Å². The van der Waals surface area contributed by atoms with Gasteiger partial charge < -0.3 is 5.11 Å². The average Bonchev–Trinajstić information content (AvgIpc) is 2.72. The third kappa shape index (κ3) is 4.09. The summed E-state index contributed by atoms with van der Waals surface area (Å²) in [5, 5.41) is 18.7. The SMILES string of the molecule is CCCCn1nc(C(=O)N/N=C(\C)c2ccc(O)cc2)c2ccccc2c1=O. The molecule has 0 unspecified atom stereocenters. The molecular formula is C21H22N4O3. The van der Waals surface area contributed by atoms with E-state index in [2.05, 4.69) is 15.6 Å². The van der Waals surface area contributed by atoms with Crippen molar-refractivity contribution >= 4 is 22.4 Å². The summed E-state index contributed by atoms with van der Waals surface area (Å²) in [6.07, 6.45) is 1.71. The predicted molar refractivity (Wildman–Crippen MR) is 109 cm³/mol. The molecule has 7 heteroatoms. The molecule has 0 aliphatic rings. The number of unbranched alkanes of at least 4 members (excludes halogenated alkanes) is 1. The minimum Gasteiger partial charge on any atom is -0.508 e. The van der Waals surface area contributed by atoms with Crippen LogP contribution in [-0.2, 0) is 6.54 Å². The van der Waals surface area contributed by atoms with E-state index >= 15 is 0 Å². The molecule has 0 fully saturated rings. The maximum Gasteiger partial charge on any atom is 0.292 e. The van der Waals surface area contributed by atoms with Gasteiger partial charge in [-0.15, -0.1) is 0 Å². The first-order chi connectivity index (χ1) is 13.5. The number of hydrogen-bond donors (Lipinski definition) is 2. The van der Waals surface area contributed by atoms with Crippen molar-refractivity contribution in [1.29, 1.82) is 0 Å². The van der Waals surface area contributed by atoms with Gasteiger partial charge in [-0.2, -0.15) is 10.2 Å². The van der Waals surface area contributed by atoms with E-state index in [0.29, 0.717) is 23.0 Å². The van der Waals surface area contributed by atoms with Crippen molar-refractivity contribution in [2.24, 2.45) is 5.10 Å². The Bertz CT molecular complexity index is 1080. The quantitative estimate of drug-likeness (QED) is 0.509. The van der Waals surface area contributed by atoms with Crippen molar-refractivity contribution in [2.75, 3.05) is 0 Å².